The first-order valence-corrected chi connectivity index (χ1v) is 5.73. The highest BCUT2D eigenvalue weighted by Gasteiger charge is 2.47. The molecule has 0 spiro atoms. The molecule has 5 nitrogen and oxygen atoms in total. The molecule has 1 saturated carbocycles. The smallest absolute Gasteiger partial charge is 0.323 e. The number of fused-ring (bicyclic) bond motifs is 1. The molecule has 5 heteroatoms. The average Bonchev–Trinajstić information content (AvgIpc) is 3.03. The Bertz CT molecular complexity index is 609. The second-order valence-corrected chi connectivity index (χ2v) is 4.88. The Morgan fingerprint density at radius 2 is 2.06 bits per heavy atom. The minimum atomic E-state index is -0.214. The first kappa shape index (κ1) is 10.6. The highest BCUT2D eigenvalue weighted by Crippen LogP contribution is 2.53. The average molecular weight is 233 g/mol. The lowest BCUT2D eigenvalue weighted by Gasteiger charge is -2.21. The quantitative estimate of drug-likeness (QED) is 0.626. The molecule has 2 aromatic rings. The largest absolute Gasteiger partial charge is 0.396 e. The number of aromatic nitrogens is 2. The number of nitrogens with two attached hydrogens (primary N) is 1. The normalized spacial score (nSPS) is 19.4. The van der Waals surface area contributed by atoms with Gasteiger partial charge >= 0.3 is 5.69 Å². The van der Waals surface area contributed by atoms with Crippen LogP contribution in [-0.2, 0) is 0 Å². The van der Waals surface area contributed by atoms with Crippen molar-refractivity contribution in [2.24, 2.45) is 11.1 Å². The summed E-state index contributed by atoms with van der Waals surface area (Å²) in [6.45, 7) is 0.121. The number of hydrogen-bond donors (Lipinski definition) is 4. The number of rotatable bonds is 3. The van der Waals surface area contributed by atoms with Crippen LogP contribution in [0.2, 0.25) is 0 Å². The van der Waals surface area contributed by atoms with Crippen molar-refractivity contribution in [3.8, 4) is 0 Å². The van der Waals surface area contributed by atoms with E-state index in [0.717, 1.165) is 29.4 Å². The molecular weight excluding hydrogens is 218 g/mol. The van der Waals surface area contributed by atoms with Gasteiger partial charge in [0.2, 0.25) is 0 Å². The molecule has 5 N–H and O–H groups in total. The Hall–Kier alpha value is -1.59. The van der Waals surface area contributed by atoms with E-state index in [9.17, 15) is 9.90 Å². The van der Waals surface area contributed by atoms with E-state index in [1.54, 1.807) is 0 Å². The zero-order chi connectivity index (χ0) is 12.0. The summed E-state index contributed by atoms with van der Waals surface area (Å²) in [5.41, 5.74) is 8.32. The monoisotopic (exact) mass is 233 g/mol. The van der Waals surface area contributed by atoms with Crippen LogP contribution in [0.1, 0.15) is 24.4 Å². The molecule has 1 aliphatic carbocycles. The first-order valence-electron chi connectivity index (χ1n) is 5.73. The van der Waals surface area contributed by atoms with E-state index < -0.39 is 0 Å². The number of imidazole rings is 1. The van der Waals surface area contributed by atoms with E-state index >= 15 is 0 Å². The van der Waals surface area contributed by atoms with Crippen molar-refractivity contribution in [2.45, 2.75) is 18.9 Å². The van der Waals surface area contributed by atoms with Crippen molar-refractivity contribution in [3.63, 3.8) is 0 Å². The third kappa shape index (κ3) is 1.59. The molecule has 90 valence electrons. The molecule has 1 aromatic heterocycles. The van der Waals surface area contributed by atoms with E-state index in [1.165, 1.54) is 0 Å². The second kappa shape index (κ2) is 3.45. The zero-order valence-corrected chi connectivity index (χ0v) is 9.36. The summed E-state index contributed by atoms with van der Waals surface area (Å²) in [6.07, 6.45) is 1.93. The van der Waals surface area contributed by atoms with Gasteiger partial charge < -0.3 is 20.8 Å². The summed E-state index contributed by atoms with van der Waals surface area (Å²) in [6, 6.07) is 5.46. The number of hydrogen-bond acceptors (Lipinski definition) is 3. The Morgan fingerprint density at radius 3 is 2.71 bits per heavy atom. The number of aromatic amines is 2. The molecule has 3 rings (SSSR count). The van der Waals surface area contributed by atoms with Gasteiger partial charge in [-0.15, -0.1) is 0 Å². The van der Waals surface area contributed by atoms with Crippen LogP contribution in [-0.4, -0.2) is 21.7 Å². The number of H-pyrrole nitrogens is 2. The Kier molecular flexibility index (Phi) is 2.14. The highest BCUT2D eigenvalue weighted by molar-refractivity contribution is 5.75. The van der Waals surface area contributed by atoms with E-state index in [1.807, 2.05) is 18.2 Å². The molecule has 17 heavy (non-hydrogen) atoms. The van der Waals surface area contributed by atoms with Crippen molar-refractivity contribution in [1.82, 2.24) is 9.97 Å². The molecule has 0 radical (unpaired) electrons. The zero-order valence-electron chi connectivity index (χ0n) is 9.36. The third-order valence-electron chi connectivity index (χ3n) is 3.77. The molecule has 0 saturated heterocycles. The molecule has 1 unspecified atom stereocenters. The summed E-state index contributed by atoms with van der Waals surface area (Å²) in [4.78, 5) is 16.6. The van der Waals surface area contributed by atoms with Crippen LogP contribution in [0.25, 0.3) is 11.0 Å². The number of nitrogens with one attached hydrogen (secondary N) is 2. The van der Waals surface area contributed by atoms with Crippen LogP contribution in [0, 0.1) is 5.41 Å². The fraction of sp³-hybridized carbons (Fsp3) is 0.417. The van der Waals surface area contributed by atoms with Crippen molar-refractivity contribution in [1.29, 1.82) is 0 Å². The van der Waals surface area contributed by atoms with Crippen LogP contribution >= 0.6 is 0 Å². The molecule has 1 atom stereocenters. The van der Waals surface area contributed by atoms with Crippen molar-refractivity contribution in [2.75, 3.05) is 6.61 Å². The Labute approximate surface area is 97.7 Å². The maximum Gasteiger partial charge on any atom is 0.323 e. The van der Waals surface area contributed by atoms with Gasteiger partial charge in [-0.2, -0.15) is 0 Å². The van der Waals surface area contributed by atoms with Crippen LogP contribution in [0.3, 0.4) is 0 Å². The van der Waals surface area contributed by atoms with Crippen LogP contribution in [0.4, 0.5) is 0 Å². The Morgan fingerprint density at radius 1 is 1.35 bits per heavy atom. The van der Waals surface area contributed by atoms with Gasteiger partial charge in [0, 0.05) is 11.5 Å². The molecule has 1 aromatic carbocycles. The van der Waals surface area contributed by atoms with Gasteiger partial charge in [-0.1, -0.05) is 6.07 Å². The third-order valence-corrected chi connectivity index (χ3v) is 3.77. The van der Waals surface area contributed by atoms with Gasteiger partial charge in [-0.05, 0) is 30.5 Å². The molecule has 0 amide bonds. The predicted octanol–water partition coefficient (Wildman–Crippen LogP) is 0.629. The number of benzene rings is 1. The number of aliphatic hydroxyl groups is 1. The van der Waals surface area contributed by atoms with Gasteiger partial charge in [0.1, 0.15) is 0 Å². The summed E-state index contributed by atoms with van der Waals surface area (Å²) >= 11 is 0. The number of aliphatic hydroxyl groups excluding tert-OH is 1. The minimum Gasteiger partial charge on any atom is -0.396 e. The van der Waals surface area contributed by atoms with Gasteiger partial charge in [0.15, 0.2) is 0 Å². The molecular formula is C12H15N3O2. The van der Waals surface area contributed by atoms with Crippen molar-refractivity contribution < 1.29 is 5.11 Å². The first-order chi connectivity index (χ1) is 8.14. The summed E-state index contributed by atoms with van der Waals surface area (Å²) in [7, 11) is 0. The van der Waals surface area contributed by atoms with Crippen LogP contribution in [0.5, 0.6) is 0 Å². The van der Waals surface area contributed by atoms with E-state index in [4.69, 9.17) is 5.73 Å². The standard InChI is InChI=1S/C12H15N3O2/c13-10(12(6-16)3-4-12)7-1-2-8-9(5-7)15-11(17)14-8/h1-2,5,10,16H,3-4,6,13H2,(H2,14,15,17). The van der Waals surface area contributed by atoms with E-state index in [2.05, 4.69) is 9.97 Å². The van der Waals surface area contributed by atoms with Crippen LogP contribution in [0.15, 0.2) is 23.0 Å². The maximum atomic E-state index is 11.2. The summed E-state index contributed by atoms with van der Waals surface area (Å²) in [5, 5.41) is 9.36. The topological polar surface area (TPSA) is 94.9 Å². The highest BCUT2D eigenvalue weighted by atomic mass is 16.3. The van der Waals surface area contributed by atoms with Crippen LogP contribution < -0.4 is 11.4 Å². The second-order valence-electron chi connectivity index (χ2n) is 4.88. The van der Waals surface area contributed by atoms with Gasteiger partial charge in [-0.3, -0.25) is 0 Å². The van der Waals surface area contributed by atoms with Crippen molar-refractivity contribution in [3.05, 3.63) is 34.2 Å². The van der Waals surface area contributed by atoms with E-state index in [0.29, 0.717) is 0 Å². The lowest BCUT2D eigenvalue weighted by atomic mass is 9.91. The minimum absolute atomic E-state index is 0.121. The predicted molar refractivity (Wildman–Crippen MR) is 64.6 cm³/mol. The fourth-order valence-electron chi connectivity index (χ4n) is 2.33. The fourth-order valence-corrected chi connectivity index (χ4v) is 2.33. The lowest BCUT2D eigenvalue weighted by Crippen LogP contribution is -2.25. The molecule has 1 aliphatic rings. The molecule has 0 bridgehead atoms. The van der Waals surface area contributed by atoms with Crippen molar-refractivity contribution >= 4 is 11.0 Å². The summed E-state index contributed by atoms with van der Waals surface area (Å²) < 4.78 is 0. The molecule has 1 fully saturated rings. The maximum absolute atomic E-state index is 11.2. The van der Waals surface area contributed by atoms with Gasteiger partial charge in [-0.25, -0.2) is 4.79 Å². The van der Waals surface area contributed by atoms with Gasteiger partial charge in [0.05, 0.1) is 17.6 Å². The SMILES string of the molecule is NC(c1ccc2[nH]c(=O)[nH]c2c1)C1(CO)CC1. The lowest BCUT2D eigenvalue weighted by molar-refractivity contribution is 0.188. The molecule has 1 heterocycles. The molecule has 0 aliphatic heterocycles. The van der Waals surface area contributed by atoms with E-state index in [-0.39, 0.29) is 23.8 Å². The Balaban J connectivity index is 2.03. The summed E-state index contributed by atoms with van der Waals surface area (Å²) in [5.74, 6) is 0. The van der Waals surface area contributed by atoms with Gasteiger partial charge in [0.25, 0.3) is 0 Å².